The van der Waals surface area contributed by atoms with Crippen molar-refractivity contribution in [1.29, 1.82) is 0 Å². The van der Waals surface area contributed by atoms with E-state index in [9.17, 15) is 0 Å². The lowest BCUT2D eigenvalue weighted by Gasteiger charge is -2.28. The summed E-state index contributed by atoms with van der Waals surface area (Å²) in [5.41, 5.74) is 5.24. The van der Waals surface area contributed by atoms with Crippen LogP contribution < -0.4 is 9.47 Å². The largest absolute Gasteiger partial charge is 0.494 e. The monoisotopic (exact) mass is 520 g/mol. The quantitative estimate of drug-likeness (QED) is 0.116. The molecule has 0 amide bonds. The van der Waals surface area contributed by atoms with Gasteiger partial charge in [-0.2, -0.15) is 0 Å². The van der Waals surface area contributed by atoms with Gasteiger partial charge in [-0.05, 0) is 66.1 Å². The molecule has 212 valence electrons. The first kappa shape index (κ1) is 30.6. The Hall–Kier alpha value is -1.96. The zero-order valence-electron chi connectivity index (χ0n) is 25.0. The van der Waals surface area contributed by atoms with Gasteiger partial charge in [-0.15, -0.1) is 0 Å². The van der Waals surface area contributed by atoms with Crippen LogP contribution in [0.4, 0.5) is 0 Å². The summed E-state index contributed by atoms with van der Waals surface area (Å²) in [7, 11) is 0. The van der Waals surface area contributed by atoms with E-state index in [1.165, 1.54) is 131 Å². The van der Waals surface area contributed by atoms with Gasteiger partial charge in [0.05, 0.1) is 13.2 Å². The number of ether oxygens (including phenoxy) is 2. The summed E-state index contributed by atoms with van der Waals surface area (Å²) in [6, 6.07) is 13.1. The van der Waals surface area contributed by atoms with E-state index in [1.54, 1.807) is 0 Å². The van der Waals surface area contributed by atoms with Gasteiger partial charge in [0, 0.05) is 5.56 Å². The molecule has 2 aromatic rings. The Bertz CT molecular complexity index is 902. The van der Waals surface area contributed by atoms with Crippen molar-refractivity contribution in [3.05, 3.63) is 36.4 Å². The third-order valence-corrected chi connectivity index (χ3v) is 8.25. The lowest BCUT2D eigenvalue weighted by molar-refractivity contribution is 0.225. The van der Waals surface area contributed by atoms with Crippen molar-refractivity contribution in [3.8, 4) is 33.8 Å². The number of benzene rings is 2. The van der Waals surface area contributed by atoms with Crippen molar-refractivity contribution in [2.24, 2.45) is 5.92 Å². The Morgan fingerprint density at radius 1 is 0.553 bits per heavy atom. The third kappa shape index (κ3) is 9.97. The zero-order chi connectivity index (χ0) is 26.8. The molecule has 0 saturated heterocycles. The molecule has 0 saturated carbocycles. The second-order valence-corrected chi connectivity index (χ2v) is 11.6. The summed E-state index contributed by atoms with van der Waals surface area (Å²) in [5, 5.41) is 0. The van der Waals surface area contributed by atoms with Gasteiger partial charge in [0.2, 0.25) is 0 Å². The number of unbranched alkanes of at least 4 members (excludes halogenated alkanes) is 13. The van der Waals surface area contributed by atoms with Gasteiger partial charge in [-0.1, -0.05) is 129 Å². The lowest BCUT2D eigenvalue weighted by atomic mass is 9.80. The molecule has 0 heterocycles. The molecule has 1 aliphatic carbocycles. The summed E-state index contributed by atoms with van der Waals surface area (Å²) in [5.74, 6) is 2.73. The number of fused-ring (bicyclic) bond motifs is 4. The number of hydrogen-bond acceptors (Lipinski definition) is 2. The van der Waals surface area contributed by atoms with Crippen LogP contribution in [0.1, 0.15) is 136 Å². The van der Waals surface area contributed by atoms with Gasteiger partial charge in [-0.25, -0.2) is 0 Å². The molecule has 2 nitrogen and oxygen atoms in total. The van der Waals surface area contributed by atoms with E-state index < -0.39 is 0 Å². The first-order valence-corrected chi connectivity index (χ1v) is 16.3. The molecule has 1 atom stereocenters. The fourth-order valence-corrected chi connectivity index (χ4v) is 5.81. The smallest absolute Gasteiger partial charge is 0.127 e. The fraction of sp³-hybridized carbons (Fsp3) is 0.667. The van der Waals surface area contributed by atoms with Crippen LogP contribution in [0.5, 0.6) is 11.5 Å². The first-order chi connectivity index (χ1) is 18.8. The van der Waals surface area contributed by atoms with E-state index >= 15 is 0 Å². The van der Waals surface area contributed by atoms with Crippen molar-refractivity contribution in [2.75, 3.05) is 13.2 Å². The molecule has 1 aliphatic rings. The predicted molar refractivity (Wildman–Crippen MR) is 165 cm³/mol. The van der Waals surface area contributed by atoms with Crippen molar-refractivity contribution < 1.29 is 9.47 Å². The summed E-state index contributed by atoms with van der Waals surface area (Å²) < 4.78 is 12.6. The fourth-order valence-electron chi connectivity index (χ4n) is 5.81. The molecule has 0 spiro atoms. The minimum Gasteiger partial charge on any atom is -0.494 e. The Kier molecular flexibility index (Phi) is 14.8. The molecule has 0 radical (unpaired) electrons. The van der Waals surface area contributed by atoms with E-state index in [2.05, 4.69) is 57.2 Å². The van der Waals surface area contributed by atoms with E-state index in [4.69, 9.17) is 9.47 Å². The third-order valence-electron chi connectivity index (χ3n) is 8.25. The summed E-state index contributed by atoms with van der Waals surface area (Å²) >= 11 is 0. The van der Waals surface area contributed by atoms with Crippen LogP contribution in [0.2, 0.25) is 0 Å². The molecular formula is C36H56O2. The topological polar surface area (TPSA) is 18.5 Å². The molecular weight excluding hydrogens is 464 g/mol. The van der Waals surface area contributed by atoms with Crippen molar-refractivity contribution in [1.82, 2.24) is 0 Å². The summed E-state index contributed by atoms with van der Waals surface area (Å²) in [6.45, 7) is 8.49. The molecule has 3 rings (SSSR count). The minimum absolute atomic E-state index is 0.672. The van der Waals surface area contributed by atoms with E-state index in [-0.39, 0.29) is 0 Å². The zero-order valence-corrected chi connectivity index (χ0v) is 25.0. The van der Waals surface area contributed by atoms with E-state index in [0.717, 1.165) is 31.1 Å². The van der Waals surface area contributed by atoms with Crippen LogP contribution in [0.3, 0.4) is 0 Å². The molecule has 1 unspecified atom stereocenters. The van der Waals surface area contributed by atoms with Crippen LogP contribution >= 0.6 is 0 Å². The van der Waals surface area contributed by atoms with Crippen molar-refractivity contribution >= 4 is 0 Å². The van der Waals surface area contributed by atoms with Crippen molar-refractivity contribution in [3.63, 3.8) is 0 Å². The van der Waals surface area contributed by atoms with Crippen LogP contribution in [-0.4, -0.2) is 13.2 Å². The van der Waals surface area contributed by atoms with Gasteiger partial charge in [0.25, 0.3) is 0 Å². The Morgan fingerprint density at radius 3 is 1.82 bits per heavy atom. The van der Waals surface area contributed by atoms with E-state index in [0.29, 0.717) is 5.92 Å². The maximum atomic E-state index is 6.58. The highest BCUT2D eigenvalue weighted by atomic mass is 16.5. The van der Waals surface area contributed by atoms with Gasteiger partial charge < -0.3 is 9.47 Å². The second kappa shape index (κ2) is 18.3. The maximum absolute atomic E-state index is 6.58. The van der Waals surface area contributed by atoms with Gasteiger partial charge in [0.15, 0.2) is 0 Å². The van der Waals surface area contributed by atoms with Gasteiger partial charge >= 0.3 is 0 Å². The van der Waals surface area contributed by atoms with Crippen LogP contribution in [0, 0.1) is 5.92 Å². The standard InChI is InChI=1S/C36H56O2/c1-4-7-10-12-13-14-16-18-22-30(21-17-15-11-8-5-2)29-38-35-24-20-23-32-34-28-31(37-27-19-9-6-3)25-26-33(34)36(32)35/h20,23-26,28,30H,4-19,21-22,27,29H2,1-3H3. The normalized spacial score (nSPS) is 12.5. The molecule has 0 aliphatic heterocycles. The second-order valence-electron chi connectivity index (χ2n) is 11.6. The highest BCUT2D eigenvalue weighted by Gasteiger charge is 2.27. The lowest BCUT2D eigenvalue weighted by Crippen LogP contribution is -2.14. The Balaban J connectivity index is 1.50. The van der Waals surface area contributed by atoms with E-state index in [1.807, 2.05) is 0 Å². The van der Waals surface area contributed by atoms with Crippen LogP contribution in [0.15, 0.2) is 36.4 Å². The molecule has 0 fully saturated rings. The Morgan fingerprint density at radius 2 is 1.16 bits per heavy atom. The van der Waals surface area contributed by atoms with Crippen LogP contribution in [0.25, 0.3) is 22.3 Å². The van der Waals surface area contributed by atoms with Gasteiger partial charge in [-0.3, -0.25) is 0 Å². The summed E-state index contributed by atoms with van der Waals surface area (Å²) in [4.78, 5) is 0. The molecule has 38 heavy (non-hydrogen) atoms. The molecule has 0 aromatic heterocycles. The minimum atomic E-state index is 0.672. The van der Waals surface area contributed by atoms with Crippen LogP contribution in [-0.2, 0) is 0 Å². The highest BCUT2D eigenvalue weighted by Crippen LogP contribution is 2.52. The maximum Gasteiger partial charge on any atom is 0.127 e. The number of hydrogen-bond donors (Lipinski definition) is 0. The van der Waals surface area contributed by atoms with Gasteiger partial charge in [0.1, 0.15) is 11.5 Å². The molecule has 2 aromatic carbocycles. The summed E-state index contributed by atoms with van der Waals surface area (Å²) in [6.07, 6.45) is 24.1. The molecule has 0 bridgehead atoms. The average molecular weight is 521 g/mol. The molecule has 2 heteroatoms. The number of rotatable bonds is 23. The molecule has 0 N–H and O–H groups in total. The average Bonchev–Trinajstić information content (AvgIpc) is 2.93. The SMILES string of the molecule is CCCCCCCCCCC(CCCCCCC)COc1cccc2c1-c1ccc(OCCCCC)cc1-2. The first-order valence-electron chi connectivity index (χ1n) is 16.3. The highest BCUT2D eigenvalue weighted by molar-refractivity contribution is 6.05. The van der Waals surface area contributed by atoms with Crippen molar-refractivity contribution in [2.45, 2.75) is 136 Å². The Labute approximate surface area is 234 Å². The predicted octanol–water partition coefficient (Wildman–Crippen LogP) is 11.8.